The molecule has 0 bridgehead atoms. The van der Waals surface area contributed by atoms with Crippen molar-refractivity contribution in [3.05, 3.63) is 226 Å². The van der Waals surface area contributed by atoms with E-state index in [1.54, 1.807) is 37.2 Å². The zero-order valence-electron chi connectivity index (χ0n) is 60.6. The van der Waals surface area contributed by atoms with Crippen LogP contribution in [-0.4, -0.2) is 116 Å². The predicted octanol–water partition coefficient (Wildman–Crippen LogP) is 2.53. The van der Waals surface area contributed by atoms with Gasteiger partial charge >= 0.3 is 179 Å². The molecular formula is C74H89Cs2N16NaO8. The quantitative estimate of drug-likeness (QED) is 0.0324. The number of hydrogen-bond acceptors (Lipinski definition) is 20. The summed E-state index contributed by atoms with van der Waals surface area (Å²) < 4.78 is 13.5. The molecule has 0 aromatic carbocycles. The average molecular weight is 1620 g/mol. The second-order valence-corrected chi connectivity index (χ2v) is 24.8. The fourth-order valence-corrected chi connectivity index (χ4v) is 11.4. The van der Waals surface area contributed by atoms with Crippen LogP contribution in [0.25, 0.3) is 22.1 Å². The van der Waals surface area contributed by atoms with Crippen molar-refractivity contribution >= 4 is 40.6 Å². The number of nitrogens with zero attached hydrogens (tertiary/aromatic N) is 14. The maximum absolute atomic E-state index is 12.2. The van der Waals surface area contributed by atoms with Gasteiger partial charge in [-0.1, -0.05) is 12.1 Å². The zero-order chi connectivity index (χ0) is 68.0. The second kappa shape index (κ2) is 46.6. The number of pyridine rings is 6. The molecule has 1 atom stereocenters. The van der Waals surface area contributed by atoms with E-state index in [2.05, 4.69) is 96.7 Å². The van der Waals surface area contributed by atoms with Crippen molar-refractivity contribution in [3.63, 3.8) is 0 Å². The summed E-state index contributed by atoms with van der Waals surface area (Å²) in [6.07, 6.45) is 35.4. The molecule has 0 radical (unpaired) electrons. The Hall–Kier alpha value is -5.23. The molecule has 2 aliphatic rings. The van der Waals surface area contributed by atoms with Gasteiger partial charge in [0.25, 0.3) is 6.47 Å². The summed E-state index contributed by atoms with van der Waals surface area (Å²) in [7, 11) is 0. The van der Waals surface area contributed by atoms with Crippen LogP contribution >= 0.6 is 0 Å². The number of fused-ring (bicyclic) bond motifs is 4. The van der Waals surface area contributed by atoms with Crippen molar-refractivity contribution in [2.45, 2.75) is 181 Å². The summed E-state index contributed by atoms with van der Waals surface area (Å²) >= 11 is 0. The molecule has 11 aromatic rings. The number of H-pyrrole nitrogens is 2. The maximum Gasteiger partial charge on any atom is 1.00 e. The average Bonchev–Trinajstić information content (AvgIpc) is 1.16. The van der Waals surface area contributed by atoms with E-state index in [1.807, 2.05) is 112 Å². The van der Waals surface area contributed by atoms with E-state index < -0.39 is 11.7 Å². The third-order valence-electron chi connectivity index (χ3n) is 16.2. The Labute approximate surface area is 731 Å². The Morgan fingerprint density at radius 3 is 1.51 bits per heavy atom. The molecule has 0 aliphatic heterocycles. The fraction of sp³-hybridized carbons (Fsp3) is 0.392. The monoisotopic (exact) mass is 1620 g/mol. The van der Waals surface area contributed by atoms with Crippen LogP contribution in [0.3, 0.4) is 0 Å². The van der Waals surface area contributed by atoms with Crippen molar-refractivity contribution in [1.82, 2.24) is 79.8 Å². The number of ether oxygens (including phenoxy) is 2. The minimum absolute atomic E-state index is 0. The van der Waals surface area contributed by atoms with Gasteiger partial charge in [-0.3, -0.25) is 34.4 Å². The van der Waals surface area contributed by atoms with Gasteiger partial charge < -0.3 is 26.5 Å². The van der Waals surface area contributed by atoms with E-state index in [0.29, 0.717) is 12.4 Å². The van der Waals surface area contributed by atoms with Crippen molar-refractivity contribution < 1.29 is 208 Å². The summed E-state index contributed by atoms with van der Waals surface area (Å²) in [6.45, 7) is 9.33. The molecule has 0 spiro atoms. The predicted molar refractivity (Wildman–Crippen MR) is 369 cm³/mol. The van der Waals surface area contributed by atoms with E-state index in [0.717, 1.165) is 134 Å². The van der Waals surface area contributed by atoms with Crippen LogP contribution in [0.5, 0.6) is 0 Å². The van der Waals surface area contributed by atoms with Crippen LogP contribution in [0.15, 0.2) is 147 Å². The molecular weight excluding hydrogens is 1530 g/mol. The van der Waals surface area contributed by atoms with Crippen LogP contribution in [0.2, 0.25) is 0 Å². The van der Waals surface area contributed by atoms with Gasteiger partial charge in [-0.25, -0.2) is 34.7 Å². The molecule has 0 saturated heterocycles. The van der Waals surface area contributed by atoms with Crippen molar-refractivity contribution in [3.8, 4) is 0 Å². The first-order chi connectivity index (χ1) is 47.3. The van der Waals surface area contributed by atoms with E-state index in [4.69, 9.17) is 34.6 Å². The third-order valence-corrected chi connectivity index (χ3v) is 16.2. The number of aryl methyl sites for hydroxylation is 13. The molecule has 101 heavy (non-hydrogen) atoms. The number of rotatable bonds is 22. The Bertz CT molecular complexity index is 4220. The van der Waals surface area contributed by atoms with Crippen molar-refractivity contribution in [2.75, 3.05) is 6.61 Å². The molecule has 1 unspecified atom stereocenters. The number of aromatic amines is 2. The Kier molecular flexibility index (Phi) is 39.8. The van der Waals surface area contributed by atoms with Crippen LogP contribution in [0, 0.1) is 6.92 Å². The smallest absolute Gasteiger partial charge is 1.00 e. The molecule has 11 heterocycles. The first kappa shape index (κ1) is 86.4. The fourth-order valence-electron chi connectivity index (χ4n) is 11.4. The molecule has 0 saturated carbocycles. The molecule has 24 nitrogen and oxygen atoms in total. The number of carbonyl (C=O) groups is 3. The molecule has 0 amide bonds. The number of nitrogens with one attached hydrogen (secondary N) is 2. The summed E-state index contributed by atoms with van der Waals surface area (Å²) in [5.41, 5.74) is 16.2. The number of aromatic nitrogens is 16. The van der Waals surface area contributed by atoms with Crippen LogP contribution in [-0.2, 0) is 101 Å². The van der Waals surface area contributed by atoms with Gasteiger partial charge in [0.05, 0.1) is 30.5 Å². The zero-order valence-corrected chi connectivity index (χ0v) is 74.2. The van der Waals surface area contributed by atoms with Crippen molar-refractivity contribution in [1.29, 1.82) is 0 Å². The van der Waals surface area contributed by atoms with Gasteiger partial charge in [0, 0.05) is 111 Å². The van der Waals surface area contributed by atoms with E-state index in [9.17, 15) is 9.59 Å². The van der Waals surface area contributed by atoms with Crippen LogP contribution in [0.1, 0.15) is 172 Å². The molecule has 13 rings (SSSR count). The Morgan fingerprint density at radius 1 is 0.584 bits per heavy atom. The summed E-state index contributed by atoms with van der Waals surface area (Å²) in [5.74, 6) is 0.439. The minimum atomic E-state index is -0.529. The topological polar surface area (TPSA) is 328 Å². The minimum Gasteiger partial charge on any atom is -1.00 e. The van der Waals surface area contributed by atoms with E-state index in [1.165, 1.54) is 94.9 Å². The maximum atomic E-state index is 12.2. The molecule has 0 fully saturated rings. The normalized spacial score (nSPS) is 12.1. The van der Waals surface area contributed by atoms with Gasteiger partial charge in [0.2, 0.25) is 0 Å². The first-order valence-corrected chi connectivity index (χ1v) is 33.6. The summed E-state index contributed by atoms with van der Waals surface area (Å²) in [5, 5.41) is 33.5. The van der Waals surface area contributed by atoms with Gasteiger partial charge in [-0.15, -0.1) is 0 Å². The Morgan fingerprint density at radius 2 is 1.04 bits per heavy atom. The van der Waals surface area contributed by atoms with Gasteiger partial charge in [-0.2, -0.15) is 25.1 Å². The van der Waals surface area contributed by atoms with E-state index in [-0.39, 0.29) is 199 Å². The number of hydrogen-bond donors (Lipinski definition) is 2. The summed E-state index contributed by atoms with van der Waals surface area (Å²) in [6, 6.07) is 32.7. The number of carbonyl (C=O) groups excluding carboxylic acids is 3. The first-order valence-electron chi connectivity index (χ1n) is 33.6. The third kappa shape index (κ3) is 29.7. The largest absolute Gasteiger partial charge is 1.00 e. The standard InChI is InChI=1S/C25H31N5O2.C19H22N4O2.C15H19N3.C14H14N4.CH2O3.2Cs.Na.H2O.H/c1-3-32-25(31)15-24(20-16-26-18(2)27-17-20)30-14-13-22(29-30)9-6-8-21-12-11-19-7-4-5-10-23(19)28-21;1-19(2,3)25-18(24)23-13-11-16(22-23)8-4-7-15-10-9-14-6-5-12-20-17(14)21-15;1-2-7-15-12(4-1)8-9-13(17-15)5-3-6-14-10-11-16-18-14;1(5-13-8-10-16-18-13)4-12-7-6-11-3-2-9-15-14(11)17-12;2-1-4-3;;;;;/h11-14,16-17,24H,3-10,15H2,1-2H3;5-6,9-13H,4,7-8H2,1-3H3;8-11H,1-7H2,(H,16,18);2-3,6-10H,1,4-5H2,(H,16,18);1,3H;;;;1H2;/q;;;;;3*+1;;-1/p-2. The van der Waals surface area contributed by atoms with Crippen LogP contribution < -0.4 is 173 Å². The molecule has 27 heteroatoms. The molecule has 11 aromatic heterocycles. The molecule has 3 N–H and O–H groups in total. The SMILES string of the molecule is CC(C)(C)OC(=O)n1ccc(CCCc2ccc3cccnc3n2)n1.CCOC(=O)CC(c1cnc(C)nc1)n1ccc(CCCc2ccc3c(n2)CCCC3)n1.O=CO[O-].[Cs+].[Cs+].[H-].[Na+].[OH-].c1cc(CCCc2ccc3c(n2)CCCC3)[nH]n1.c1cnc2nc(CCCc3ccn[nH]3)ccc2c1. The van der Waals surface area contributed by atoms with Crippen LogP contribution in [0.4, 0.5) is 4.79 Å². The molecule has 2 aliphatic carbocycles. The van der Waals surface area contributed by atoms with E-state index >= 15 is 0 Å². The Balaban J connectivity index is 0.000000285. The van der Waals surface area contributed by atoms with Crippen molar-refractivity contribution in [2.24, 2.45) is 0 Å². The van der Waals surface area contributed by atoms with Gasteiger partial charge in [0.15, 0.2) is 11.3 Å². The summed E-state index contributed by atoms with van der Waals surface area (Å²) in [4.78, 5) is 71.3. The molecule has 516 valence electrons. The van der Waals surface area contributed by atoms with Gasteiger partial charge in [0.1, 0.15) is 11.4 Å². The van der Waals surface area contributed by atoms with Gasteiger partial charge in [-0.05, 0) is 259 Å². The number of esters is 1. The second-order valence-electron chi connectivity index (χ2n) is 24.8.